The summed E-state index contributed by atoms with van der Waals surface area (Å²) in [6, 6.07) is 7.71. The number of nitrogen functional groups attached to an aromatic ring is 1. The maximum absolute atomic E-state index is 8.97. The number of piperidine rings is 1. The van der Waals surface area contributed by atoms with Gasteiger partial charge >= 0.3 is 0 Å². The molecular weight excluding hydrogens is 214 g/mol. The van der Waals surface area contributed by atoms with Crippen LogP contribution in [0.3, 0.4) is 0 Å². The van der Waals surface area contributed by atoms with Gasteiger partial charge < -0.3 is 15.4 Å². The summed E-state index contributed by atoms with van der Waals surface area (Å²) in [5.41, 5.74) is 8.08. The molecule has 2 rings (SSSR count). The third-order valence-electron chi connectivity index (χ3n) is 3.26. The fourth-order valence-corrected chi connectivity index (χ4v) is 2.28. The molecule has 0 bridgehead atoms. The van der Waals surface area contributed by atoms with E-state index in [1.54, 1.807) is 13.2 Å². The second-order valence-electron chi connectivity index (χ2n) is 4.30. The Labute approximate surface area is 102 Å². The van der Waals surface area contributed by atoms with Crippen molar-refractivity contribution in [3.63, 3.8) is 0 Å². The van der Waals surface area contributed by atoms with Gasteiger partial charge in [0, 0.05) is 20.2 Å². The van der Waals surface area contributed by atoms with Gasteiger partial charge in [0.05, 0.1) is 23.0 Å². The molecule has 2 N–H and O–H groups in total. The number of rotatable bonds is 2. The normalized spacial score (nSPS) is 20.0. The molecule has 0 radical (unpaired) electrons. The number of methoxy groups -OCH3 is 1. The maximum Gasteiger partial charge on any atom is 0.101 e. The predicted molar refractivity (Wildman–Crippen MR) is 67.8 cm³/mol. The molecule has 1 saturated heterocycles. The first kappa shape index (κ1) is 11.7. The Hall–Kier alpha value is -1.73. The lowest BCUT2D eigenvalue weighted by Crippen LogP contribution is -2.39. The summed E-state index contributed by atoms with van der Waals surface area (Å²) in [6.07, 6.45) is 2.44. The highest BCUT2D eigenvalue weighted by atomic mass is 16.5. The molecule has 17 heavy (non-hydrogen) atoms. The Balaban J connectivity index is 2.25. The fourth-order valence-electron chi connectivity index (χ4n) is 2.28. The smallest absolute Gasteiger partial charge is 0.101 e. The Morgan fingerprint density at radius 2 is 2.35 bits per heavy atom. The van der Waals surface area contributed by atoms with Gasteiger partial charge in [0.1, 0.15) is 6.07 Å². The maximum atomic E-state index is 8.97. The molecule has 1 fully saturated rings. The van der Waals surface area contributed by atoms with E-state index in [-0.39, 0.29) is 6.10 Å². The number of nitrogens with zero attached hydrogens (tertiary/aromatic N) is 2. The van der Waals surface area contributed by atoms with Crippen LogP contribution in [0.1, 0.15) is 18.4 Å². The van der Waals surface area contributed by atoms with E-state index >= 15 is 0 Å². The van der Waals surface area contributed by atoms with Crippen molar-refractivity contribution in [2.45, 2.75) is 18.9 Å². The zero-order valence-electron chi connectivity index (χ0n) is 10.0. The molecule has 1 heterocycles. The molecule has 0 aliphatic carbocycles. The number of ether oxygens (including phenoxy) is 1. The van der Waals surface area contributed by atoms with Crippen molar-refractivity contribution in [2.75, 3.05) is 30.8 Å². The summed E-state index contributed by atoms with van der Waals surface area (Å²) in [5, 5.41) is 8.97. The lowest BCUT2D eigenvalue weighted by molar-refractivity contribution is 0.0894. The SMILES string of the molecule is COC1CCCN(c2cccc(C#N)c2N)C1. The van der Waals surface area contributed by atoms with Crippen LogP contribution in [0.25, 0.3) is 0 Å². The standard InChI is InChI=1S/C13H17N3O/c1-17-11-5-3-7-16(9-11)12-6-2-4-10(8-14)13(12)15/h2,4,6,11H,3,5,7,9,15H2,1H3. The first-order valence-electron chi connectivity index (χ1n) is 5.82. The number of anilines is 2. The van der Waals surface area contributed by atoms with Crippen LogP contribution in [0.15, 0.2) is 18.2 Å². The molecule has 90 valence electrons. The highest BCUT2D eigenvalue weighted by Gasteiger charge is 2.21. The molecule has 4 heteroatoms. The van der Waals surface area contributed by atoms with Crippen LogP contribution in [0.2, 0.25) is 0 Å². The van der Waals surface area contributed by atoms with Crippen LogP contribution >= 0.6 is 0 Å². The molecule has 1 aromatic rings. The second kappa shape index (κ2) is 5.07. The molecule has 1 atom stereocenters. The van der Waals surface area contributed by atoms with Gasteiger partial charge in [0.15, 0.2) is 0 Å². The summed E-state index contributed by atoms with van der Waals surface area (Å²) >= 11 is 0. The molecular formula is C13H17N3O. The van der Waals surface area contributed by atoms with Crippen LogP contribution in [0.5, 0.6) is 0 Å². The molecule has 1 aliphatic rings. The lowest BCUT2D eigenvalue weighted by Gasteiger charge is -2.34. The van der Waals surface area contributed by atoms with Crippen molar-refractivity contribution in [1.29, 1.82) is 5.26 Å². The quantitative estimate of drug-likeness (QED) is 0.788. The molecule has 1 aliphatic heterocycles. The summed E-state index contributed by atoms with van der Waals surface area (Å²) in [5.74, 6) is 0. The Morgan fingerprint density at radius 3 is 3.06 bits per heavy atom. The third kappa shape index (κ3) is 2.34. The predicted octanol–water partition coefficient (Wildman–Crippen LogP) is 1.76. The lowest BCUT2D eigenvalue weighted by atomic mass is 10.1. The van der Waals surface area contributed by atoms with E-state index in [2.05, 4.69) is 11.0 Å². The largest absolute Gasteiger partial charge is 0.396 e. The molecule has 0 aromatic heterocycles. The molecule has 4 nitrogen and oxygen atoms in total. The molecule has 1 unspecified atom stereocenters. The van der Waals surface area contributed by atoms with Gasteiger partial charge in [-0.15, -0.1) is 0 Å². The van der Waals surface area contributed by atoms with Crippen molar-refractivity contribution >= 4 is 11.4 Å². The Morgan fingerprint density at radius 1 is 1.53 bits per heavy atom. The van der Waals surface area contributed by atoms with Crippen molar-refractivity contribution in [1.82, 2.24) is 0 Å². The van der Waals surface area contributed by atoms with Crippen molar-refractivity contribution in [3.05, 3.63) is 23.8 Å². The Bertz CT molecular complexity index is 439. The highest BCUT2D eigenvalue weighted by molar-refractivity contribution is 5.74. The average Bonchev–Trinajstić information content (AvgIpc) is 2.39. The molecule has 0 amide bonds. The van der Waals surface area contributed by atoms with Gasteiger partial charge in [-0.25, -0.2) is 0 Å². The van der Waals surface area contributed by atoms with Crippen molar-refractivity contribution in [2.24, 2.45) is 0 Å². The number of nitriles is 1. The minimum absolute atomic E-state index is 0.258. The molecule has 0 saturated carbocycles. The van der Waals surface area contributed by atoms with Gasteiger partial charge in [-0.2, -0.15) is 5.26 Å². The highest BCUT2D eigenvalue weighted by Crippen LogP contribution is 2.29. The summed E-state index contributed by atoms with van der Waals surface area (Å²) in [6.45, 7) is 1.81. The van der Waals surface area contributed by atoms with E-state index < -0.39 is 0 Å². The number of benzene rings is 1. The zero-order valence-corrected chi connectivity index (χ0v) is 10.0. The van der Waals surface area contributed by atoms with Gasteiger partial charge in [-0.1, -0.05) is 6.07 Å². The third-order valence-corrected chi connectivity index (χ3v) is 3.26. The van der Waals surface area contributed by atoms with E-state index in [9.17, 15) is 0 Å². The van der Waals surface area contributed by atoms with Crippen molar-refractivity contribution in [3.8, 4) is 6.07 Å². The summed E-state index contributed by atoms with van der Waals surface area (Å²) in [4.78, 5) is 2.20. The van der Waals surface area contributed by atoms with E-state index in [1.807, 2.05) is 12.1 Å². The second-order valence-corrected chi connectivity index (χ2v) is 4.30. The van der Waals surface area contributed by atoms with E-state index in [4.69, 9.17) is 15.7 Å². The van der Waals surface area contributed by atoms with Crippen molar-refractivity contribution < 1.29 is 4.74 Å². The molecule has 0 spiro atoms. The van der Waals surface area contributed by atoms with Gasteiger partial charge in [-0.3, -0.25) is 0 Å². The fraction of sp³-hybridized carbons (Fsp3) is 0.462. The van der Waals surface area contributed by atoms with E-state index in [0.29, 0.717) is 11.3 Å². The van der Waals surface area contributed by atoms with E-state index in [0.717, 1.165) is 31.6 Å². The monoisotopic (exact) mass is 231 g/mol. The zero-order chi connectivity index (χ0) is 12.3. The van der Waals surface area contributed by atoms with Crippen LogP contribution in [0.4, 0.5) is 11.4 Å². The van der Waals surface area contributed by atoms with Crippen LogP contribution in [-0.4, -0.2) is 26.3 Å². The minimum Gasteiger partial charge on any atom is -0.396 e. The van der Waals surface area contributed by atoms with Crippen LogP contribution in [0, 0.1) is 11.3 Å². The topological polar surface area (TPSA) is 62.3 Å². The van der Waals surface area contributed by atoms with E-state index in [1.165, 1.54) is 0 Å². The van der Waals surface area contributed by atoms with Gasteiger partial charge in [-0.05, 0) is 25.0 Å². The Kier molecular flexibility index (Phi) is 3.50. The van der Waals surface area contributed by atoms with Crippen LogP contribution in [-0.2, 0) is 4.74 Å². The number of nitrogens with two attached hydrogens (primary N) is 1. The summed E-state index contributed by atoms with van der Waals surface area (Å²) in [7, 11) is 1.74. The van der Waals surface area contributed by atoms with Gasteiger partial charge in [0.25, 0.3) is 0 Å². The molecule has 1 aromatic carbocycles. The van der Waals surface area contributed by atoms with Gasteiger partial charge in [0.2, 0.25) is 0 Å². The first-order valence-corrected chi connectivity index (χ1v) is 5.82. The first-order chi connectivity index (χ1) is 8.26. The number of hydrogen-bond donors (Lipinski definition) is 1. The number of para-hydroxylation sites is 1. The van der Waals surface area contributed by atoms with Crippen LogP contribution < -0.4 is 10.6 Å². The summed E-state index contributed by atoms with van der Waals surface area (Å²) < 4.78 is 5.39. The number of hydrogen-bond acceptors (Lipinski definition) is 4. The average molecular weight is 231 g/mol. The minimum atomic E-state index is 0.258.